The van der Waals surface area contributed by atoms with Gasteiger partial charge in [-0.05, 0) is 19.4 Å². The van der Waals surface area contributed by atoms with Crippen LogP contribution in [0.5, 0.6) is 0 Å². The monoisotopic (exact) mass is 244 g/mol. The molecule has 0 amide bonds. The van der Waals surface area contributed by atoms with Crippen molar-refractivity contribution < 1.29 is 18.3 Å². The van der Waals surface area contributed by atoms with Gasteiger partial charge >= 0.3 is 5.97 Å². The van der Waals surface area contributed by atoms with E-state index in [0.29, 0.717) is 0 Å². The van der Waals surface area contributed by atoms with Gasteiger partial charge in [0.2, 0.25) is 0 Å². The zero-order chi connectivity index (χ0) is 13.0. The van der Waals surface area contributed by atoms with Gasteiger partial charge in [-0.3, -0.25) is 9.78 Å². The molecule has 0 aliphatic heterocycles. The number of esters is 1. The smallest absolute Gasteiger partial charge is 0.311 e. The summed E-state index contributed by atoms with van der Waals surface area (Å²) in [7, 11) is 0. The van der Waals surface area contributed by atoms with E-state index in [1.807, 2.05) is 0 Å². The van der Waals surface area contributed by atoms with Crippen molar-refractivity contribution in [2.24, 2.45) is 0 Å². The number of nitrogens with two attached hydrogens (primary N) is 1. The summed E-state index contributed by atoms with van der Waals surface area (Å²) in [4.78, 5) is 15.0. The molecule has 0 saturated heterocycles. The predicted octanol–water partition coefficient (Wildman–Crippen LogP) is 2.02. The normalized spacial score (nSPS) is 10.6. The maximum atomic E-state index is 12.5. The lowest BCUT2D eigenvalue weighted by molar-refractivity contribution is -0.142. The van der Waals surface area contributed by atoms with Gasteiger partial charge in [0.05, 0.1) is 24.4 Å². The number of carbonyl (C=O) groups is 1. The number of ether oxygens (including phenoxy) is 1. The molecule has 0 atom stereocenters. The number of pyridine rings is 1. The first kappa shape index (κ1) is 13.3. The molecule has 0 aliphatic rings. The lowest BCUT2D eigenvalue weighted by Gasteiger charge is -2.11. The Labute approximate surface area is 97.8 Å². The maximum Gasteiger partial charge on any atom is 0.311 e. The van der Waals surface area contributed by atoms with E-state index >= 15 is 0 Å². The number of hydrogen-bond donors (Lipinski definition) is 1. The molecule has 0 saturated carbocycles. The molecule has 1 rings (SSSR count). The summed E-state index contributed by atoms with van der Waals surface area (Å²) in [5, 5.41) is 0. The van der Waals surface area contributed by atoms with E-state index in [1.165, 1.54) is 6.92 Å². The third kappa shape index (κ3) is 3.12. The number of nitrogens with zero attached hydrogens (tertiary/aromatic N) is 1. The van der Waals surface area contributed by atoms with Crippen molar-refractivity contribution in [1.29, 1.82) is 0 Å². The van der Waals surface area contributed by atoms with Gasteiger partial charge < -0.3 is 10.5 Å². The molecule has 94 valence electrons. The molecule has 0 aliphatic carbocycles. The van der Waals surface area contributed by atoms with Crippen LogP contribution in [-0.2, 0) is 16.0 Å². The molecule has 0 aromatic carbocycles. The highest BCUT2D eigenvalue weighted by molar-refractivity contribution is 5.74. The molecule has 0 bridgehead atoms. The number of hydrogen-bond acceptors (Lipinski definition) is 4. The highest BCUT2D eigenvalue weighted by Gasteiger charge is 2.17. The number of alkyl halides is 2. The molecule has 0 unspecified atom stereocenters. The van der Waals surface area contributed by atoms with Crippen molar-refractivity contribution in [3.05, 3.63) is 23.0 Å². The standard InChI is InChI=1S/C11H14F2N2O2/c1-3-17-9(16)4-8-10(14)6(2)7(5-15-8)11(12)13/h5,11H,3-4,14H2,1-2H3. The Balaban J connectivity index is 2.96. The highest BCUT2D eigenvalue weighted by atomic mass is 19.3. The van der Waals surface area contributed by atoms with Gasteiger partial charge in [0, 0.05) is 11.8 Å². The van der Waals surface area contributed by atoms with E-state index in [-0.39, 0.29) is 35.5 Å². The summed E-state index contributed by atoms with van der Waals surface area (Å²) in [6, 6.07) is 0. The number of carbonyl (C=O) groups excluding carboxylic acids is 1. The molecule has 1 aromatic heterocycles. The number of nitrogen functional groups attached to an aromatic ring is 1. The molecule has 17 heavy (non-hydrogen) atoms. The van der Waals surface area contributed by atoms with Crippen LogP contribution < -0.4 is 5.73 Å². The summed E-state index contributed by atoms with van der Waals surface area (Å²) in [6.45, 7) is 3.42. The molecular weight excluding hydrogens is 230 g/mol. The number of anilines is 1. The van der Waals surface area contributed by atoms with E-state index in [9.17, 15) is 13.6 Å². The molecule has 4 nitrogen and oxygen atoms in total. The fourth-order valence-electron chi connectivity index (χ4n) is 1.40. The Hall–Kier alpha value is -1.72. The van der Waals surface area contributed by atoms with Crippen LogP contribution >= 0.6 is 0 Å². The third-order valence-electron chi connectivity index (χ3n) is 2.36. The second-order valence-electron chi connectivity index (χ2n) is 3.48. The van der Waals surface area contributed by atoms with Crippen LogP contribution in [0.15, 0.2) is 6.20 Å². The Morgan fingerprint density at radius 3 is 2.76 bits per heavy atom. The average Bonchev–Trinajstić information content (AvgIpc) is 2.25. The van der Waals surface area contributed by atoms with Crippen molar-refractivity contribution >= 4 is 11.7 Å². The van der Waals surface area contributed by atoms with Crippen LogP contribution in [0.25, 0.3) is 0 Å². The Morgan fingerprint density at radius 2 is 2.24 bits per heavy atom. The zero-order valence-corrected chi connectivity index (χ0v) is 9.67. The van der Waals surface area contributed by atoms with Gasteiger partial charge in [-0.2, -0.15) is 0 Å². The third-order valence-corrected chi connectivity index (χ3v) is 2.36. The van der Waals surface area contributed by atoms with Gasteiger partial charge in [-0.25, -0.2) is 8.78 Å². The molecule has 1 heterocycles. The van der Waals surface area contributed by atoms with Crippen LogP contribution in [0.3, 0.4) is 0 Å². The van der Waals surface area contributed by atoms with E-state index in [2.05, 4.69) is 4.98 Å². The maximum absolute atomic E-state index is 12.5. The number of rotatable bonds is 4. The Morgan fingerprint density at radius 1 is 1.59 bits per heavy atom. The Bertz CT molecular complexity index is 422. The second kappa shape index (κ2) is 5.56. The van der Waals surface area contributed by atoms with Gasteiger partial charge in [-0.1, -0.05) is 0 Å². The molecule has 1 aromatic rings. The summed E-state index contributed by atoms with van der Waals surface area (Å²) in [5.74, 6) is -0.476. The zero-order valence-electron chi connectivity index (χ0n) is 9.67. The largest absolute Gasteiger partial charge is 0.466 e. The lowest BCUT2D eigenvalue weighted by atomic mass is 10.1. The quantitative estimate of drug-likeness (QED) is 0.823. The number of halogens is 2. The first-order chi connectivity index (χ1) is 7.97. The van der Waals surface area contributed by atoms with Crippen LogP contribution in [-0.4, -0.2) is 17.6 Å². The fraction of sp³-hybridized carbons (Fsp3) is 0.455. The second-order valence-corrected chi connectivity index (χ2v) is 3.48. The summed E-state index contributed by atoms with van der Waals surface area (Å²) in [5.41, 5.74) is 6.10. The average molecular weight is 244 g/mol. The van der Waals surface area contributed by atoms with Gasteiger partial charge in [0.25, 0.3) is 6.43 Å². The van der Waals surface area contributed by atoms with E-state index in [4.69, 9.17) is 10.5 Å². The molecule has 0 fully saturated rings. The van der Waals surface area contributed by atoms with E-state index < -0.39 is 12.4 Å². The first-order valence-electron chi connectivity index (χ1n) is 5.15. The summed E-state index contributed by atoms with van der Waals surface area (Å²) in [6.07, 6.45) is -1.68. The highest BCUT2D eigenvalue weighted by Crippen LogP contribution is 2.27. The summed E-state index contributed by atoms with van der Waals surface area (Å²) >= 11 is 0. The van der Waals surface area contributed by atoms with Crippen molar-refractivity contribution in [3.8, 4) is 0 Å². The lowest BCUT2D eigenvalue weighted by Crippen LogP contribution is -2.12. The minimum Gasteiger partial charge on any atom is -0.466 e. The van der Waals surface area contributed by atoms with Crippen LogP contribution in [0, 0.1) is 6.92 Å². The van der Waals surface area contributed by atoms with Crippen molar-refractivity contribution in [3.63, 3.8) is 0 Å². The van der Waals surface area contributed by atoms with Gasteiger partial charge in [-0.15, -0.1) is 0 Å². The predicted molar refractivity (Wildman–Crippen MR) is 58.7 cm³/mol. The molecular formula is C11H14F2N2O2. The Kier molecular flexibility index (Phi) is 4.37. The van der Waals surface area contributed by atoms with E-state index in [0.717, 1.165) is 6.20 Å². The van der Waals surface area contributed by atoms with Gasteiger partial charge in [0.1, 0.15) is 0 Å². The molecule has 0 radical (unpaired) electrons. The van der Waals surface area contributed by atoms with Crippen molar-refractivity contribution in [1.82, 2.24) is 4.98 Å². The number of aromatic nitrogens is 1. The first-order valence-corrected chi connectivity index (χ1v) is 5.15. The van der Waals surface area contributed by atoms with Gasteiger partial charge in [0.15, 0.2) is 0 Å². The van der Waals surface area contributed by atoms with Crippen LogP contribution in [0.4, 0.5) is 14.5 Å². The van der Waals surface area contributed by atoms with E-state index in [1.54, 1.807) is 6.92 Å². The molecule has 0 spiro atoms. The minimum atomic E-state index is -2.62. The minimum absolute atomic E-state index is 0.107. The van der Waals surface area contributed by atoms with Crippen LogP contribution in [0.1, 0.15) is 30.2 Å². The molecule has 6 heteroatoms. The fourth-order valence-corrected chi connectivity index (χ4v) is 1.40. The van der Waals surface area contributed by atoms with Crippen molar-refractivity contribution in [2.45, 2.75) is 26.7 Å². The molecule has 2 N–H and O–H groups in total. The SMILES string of the molecule is CCOC(=O)Cc1ncc(C(F)F)c(C)c1N. The summed E-state index contributed by atoms with van der Waals surface area (Å²) < 4.78 is 29.8. The van der Waals surface area contributed by atoms with Crippen LogP contribution in [0.2, 0.25) is 0 Å². The van der Waals surface area contributed by atoms with Crippen molar-refractivity contribution in [2.75, 3.05) is 12.3 Å². The topological polar surface area (TPSA) is 65.2 Å².